The average molecular weight is 399 g/mol. The van der Waals surface area contributed by atoms with Crippen LogP contribution in [-0.2, 0) is 6.18 Å². The zero-order chi connectivity index (χ0) is 17.9. The van der Waals surface area contributed by atoms with Crippen LogP contribution in [-0.4, -0.2) is 29.5 Å². The van der Waals surface area contributed by atoms with E-state index in [4.69, 9.17) is 33.3 Å². The second-order valence-electron chi connectivity index (χ2n) is 4.18. The van der Waals surface area contributed by atoms with E-state index < -0.39 is 11.2 Å². The fourth-order valence-electron chi connectivity index (χ4n) is 1.60. The Morgan fingerprint density at radius 3 is 2.38 bits per heavy atom. The number of ether oxygens (including phenoxy) is 2. The van der Waals surface area contributed by atoms with Crippen molar-refractivity contribution in [3.05, 3.63) is 22.2 Å². The van der Waals surface area contributed by atoms with E-state index in [0.717, 1.165) is 0 Å². The number of halogens is 4. The Morgan fingerprint density at radius 1 is 1.17 bits per heavy atom. The lowest BCUT2D eigenvalue weighted by atomic mass is 10.2. The highest BCUT2D eigenvalue weighted by Gasteiger charge is 2.35. The van der Waals surface area contributed by atoms with Crippen LogP contribution in [0, 0.1) is 0 Å². The lowest BCUT2D eigenvalue weighted by Gasteiger charge is -2.14. The molecule has 1 aromatic heterocycles. The maximum Gasteiger partial charge on any atom is 0.445 e. The van der Waals surface area contributed by atoms with E-state index in [2.05, 4.69) is 20.8 Å². The molecular formula is C12H10ClF3N4O2S2. The Balaban J connectivity index is 2.12. The number of nitrogens with zero attached hydrogens (tertiary/aromatic N) is 2. The molecule has 1 aromatic carbocycles. The van der Waals surface area contributed by atoms with E-state index in [1.165, 1.54) is 20.3 Å². The second kappa shape index (κ2) is 7.36. The van der Waals surface area contributed by atoms with E-state index in [9.17, 15) is 13.2 Å². The molecule has 0 bridgehead atoms. The van der Waals surface area contributed by atoms with E-state index in [0.29, 0.717) is 33.5 Å². The van der Waals surface area contributed by atoms with Gasteiger partial charge in [0.1, 0.15) is 11.5 Å². The largest absolute Gasteiger partial charge is 0.495 e. The first kappa shape index (κ1) is 18.5. The summed E-state index contributed by atoms with van der Waals surface area (Å²) in [5.41, 5.74) is 0.404. The number of aromatic nitrogens is 2. The van der Waals surface area contributed by atoms with E-state index >= 15 is 0 Å². The number of thiocarbonyl (C=S) groups is 1. The molecule has 0 aliphatic heterocycles. The highest BCUT2D eigenvalue weighted by molar-refractivity contribution is 7.80. The summed E-state index contributed by atoms with van der Waals surface area (Å²) >= 11 is 11.4. The summed E-state index contributed by atoms with van der Waals surface area (Å²) in [7, 11) is 2.89. The standard InChI is InChI=1S/C12H10ClF3N4O2S2/c1-21-7-4-8(22-2)6(3-5(7)13)17-10(23)18-11-20-19-9(24-11)12(14,15)16/h3-4H,1-2H3,(H2,17,18,20,23). The molecule has 0 spiro atoms. The number of hydrogen-bond acceptors (Lipinski definition) is 6. The van der Waals surface area contributed by atoms with Gasteiger partial charge >= 0.3 is 6.18 Å². The Kier molecular flexibility index (Phi) is 5.67. The maximum absolute atomic E-state index is 12.5. The summed E-state index contributed by atoms with van der Waals surface area (Å²) in [5, 5.41) is 10.8. The minimum atomic E-state index is -4.56. The summed E-state index contributed by atoms with van der Waals surface area (Å²) in [5.74, 6) is 0.783. The fourth-order valence-corrected chi connectivity index (χ4v) is 2.72. The Labute approximate surface area is 148 Å². The minimum Gasteiger partial charge on any atom is -0.495 e. The fraction of sp³-hybridized carbons (Fsp3) is 0.250. The smallest absolute Gasteiger partial charge is 0.445 e. The lowest BCUT2D eigenvalue weighted by molar-refractivity contribution is -0.138. The van der Waals surface area contributed by atoms with Crippen LogP contribution >= 0.6 is 35.2 Å². The second-order valence-corrected chi connectivity index (χ2v) is 5.97. The van der Waals surface area contributed by atoms with Crippen LogP contribution in [0.15, 0.2) is 12.1 Å². The molecule has 0 saturated heterocycles. The third-order valence-corrected chi connectivity index (χ3v) is 3.99. The zero-order valence-corrected chi connectivity index (χ0v) is 14.6. The number of alkyl halides is 3. The minimum absolute atomic E-state index is 0.000548. The van der Waals surface area contributed by atoms with Crippen LogP contribution < -0.4 is 20.1 Å². The van der Waals surface area contributed by atoms with Gasteiger partial charge in [0.15, 0.2) is 5.11 Å². The SMILES string of the molecule is COc1cc(OC)c(NC(=S)Nc2nnc(C(F)(F)F)s2)cc1Cl. The van der Waals surface area contributed by atoms with E-state index in [-0.39, 0.29) is 10.2 Å². The number of nitrogens with one attached hydrogen (secondary N) is 2. The van der Waals surface area contributed by atoms with Gasteiger partial charge in [-0.05, 0) is 18.3 Å². The third-order valence-electron chi connectivity index (χ3n) is 2.61. The van der Waals surface area contributed by atoms with Crippen molar-refractivity contribution in [2.45, 2.75) is 6.18 Å². The number of methoxy groups -OCH3 is 2. The van der Waals surface area contributed by atoms with Gasteiger partial charge < -0.3 is 20.1 Å². The highest BCUT2D eigenvalue weighted by atomic mass is 35.5. The van der Waals surface area contributed by atoms with Gasteiger partial charge in [-0.1, -0.05) is 22.9 Å². The van der Waals surface area contributed by atoms with Crippen molar-refractivity contribution >= 4 is 51.1 Å². The van der Waals surface area contributed by atoms with Gasteiger partial charge in [-0.2, -0.15) is 13.2 Å². The summed E-state index contributed by atoms with van der Waals surface area (Å²) in [6.45, 7) is 0. The normalized spacial score (nSPS) is 11.1. The number of benzene rings is 1. The van der Waals surface area contributed by atoms with Crippen LogP contribution in [0.1, 0.15) is 5.01 Å². The van der Waals surface area contributed by atoms with Crippen LogP contribution in [0.4, 0.5) is 24.0 Å². The molecule has 0 radical (unpaired) electrons. The van der Waals surface area contributed by atoms with Crippen molar-refractivity contribution in [1.82, 2.24) is 10.2 Å². The van der Waals surface area contributed by atoms with Crippen LogP contribution in [0.2, 0.25) is 5.02 Å². The van der Waals surface area contributed by atoms with Gasteiger partial charge in [-0.25, -0.2) is 0 Å². The first-order chi connectivity index (χ1) is 11.2. The van der Waals surface area contributed by atoms with Crippen molar-refractivity contribution in [3.63, 3.8) is 0 Å². The Bertz CT molecular complexity index is 754. The summed E-state index contributed by atoms with van der Waals surface area (Å²) in [6.07, 6.45) is -4.56. The summed E-state index contributed by atoms with van der Waals surface area (Å²) in [4.78, 5) is 0. The van der Waals surface area contributed by atoms with Crippen LogP contribution in [0.3, 0.4) is 0 Å². The lowest BCUT2D eigenvalue weighted by Crippen LogP contribution is -2.19. The molecule has 0 saturated carbocycles. The van der Waals surface area contributed by atoms with Gasteiger partial charge in [0.05, 0.1) is 24.9 Å². The quantitative estimate of drug-likeness (QED) is 0.753. The average Bonchev–Trinajstić information content (AvgIpc) is 2.96. The molecule has 6 nitrogen and oxygen atoms in total. The maximum atomic E-state index is 12.5. The molecule has 2 N–H and O–H groups in total. The van der Waals surface area contributed by atoms with E-state index in [1.807, 2.05) is 0 Å². The molecule has 2 rings (SSSR count). The van der Waals surface area contributed by atoms with Gasteiger partial charge in [-0.3, -0.25) is 0 Å². The van der Waals surface area contributed by atoms with Gasteiger partial charge in [0, 0.05) is 6.07 Å². The topological polar surface area (TPSA) is 68.3 Å². The number of rotatable bonds is 4. The molecule has 0 aliphatic rings. The van der Waals surface area contributed by atoms with Crippen molar-refractivity contribution in [2.75, 3.05) is 24.9 Å². The highest BCUT2D eigenvalue weighted by Crippen LogP contribution is 2.36. The van der Waals surface area contributed by atoms with Crippen molar-refractivity contribution < 1.29 is 22.6 Å². The molecule has 0 unspecified atom stereocenters. The molecule has 2 aromatic rings. The molecule has 130 valence electrons. The molecule has 24 heavy (non-hydrogen) atoms. The van der Waals surface area contributed by atoms with Crippen molar-refractivity contribution in [1.29, 1.82) is 0 Å². The first-order valence-electron chi connectivity index (χ1n) is 6.14. The molecular weight excluding hydrogens is 389 g/mol. The van der Waals surface area contributed by atoms with E-state index in [1.54, 1.807) is 6.07 Å². The molecule has 0 atom stereocenters. The molecule has 0 fully saturated rings. The Morgan fingerprint density at radius 2 is 1.83 bits per heavy atom. The van der Waals surface area contributed by atoms with Crippen LogP contribution in [0.5, 0.6) is 11.5 Å². The number of anilines is 2. The third kappa shape index (κ3) is 4.36. The summed E-state index contributed by atoms with van der Waals surface area (Å²) in [6, 6.07) is 3.05. The van der Waals surface area contributed by atoms with Gasteiger partial charge in [-0.15, -0.1) is 10.2 Å². The summed E-state index contributed by atoms with van der Waals surface area (Å²) < 4.78 is 47.7. The molecule has 0 aliphatic carbocycles. The van der Waals surface area contributed by atoms with Crippen molar-refractivity contribution in [2.24, 2.45) is 0 Å². The molecule has 1 heterocycles. The first-order valence-corrected chi connectivity index (χ1v) is 7.75. The van der Waals surface area contributed by atoms with Gasteiger partial charge in [0.2, 0.25) is 10.1 Å². The Hall–Kier alpha value is -1.85. The monoisotopic (exact) mass is 398 g/mol. The van der Waals surface area contributed by atoms with Crippen LogP contribution in [0.25, 0.3) is 0 Å². The van der Waals surface area contributed by atoms with Crippen molar-refractivity contribution in [3.8, 4) is 11.5 Å². The predicted octanol–water partition coefficient (Wildman–Crippen LogP) is 4.04. The predicted molar refractivity (Wildman–Crippen MR) is 89.3 cm³/mol. The zero-order valence-electron chi connectivity index (χ0n) is 12.2. The van der Waals surface area contributed by atoms with Gasteiger partial charge in [0.25, 0.3) is 0 Å². The molecule has 0 amide bonds. The molecule has 12 heteroatoms. The number of hydrogen-bond donors (Lipinski definition) is 2.